The summed E-state index contributed by atoms with van der Waals surface area (Å²) in [5, 5.41) is 6.17. The molecule has 0 bridgehead atoms. The van der Waals surface area contributed by atoms with Crippen LogP contribution in [-0.2, 0) is 4.79 Å². The van der Waals surface area contributed by atoms with E-state index in [0.717, 1.165) is 25.2 Å². The summed E-state index contributed by atoms with van der Waals surface area (Å²) in [6, 6.07) is 0. The van der Waals surface area contributed by atoms with Gasteiger partial charge in [-0.05, 0) is 39.3 Å². The van der Waals surface area contributed by atoms with Crippen LogP contribution in [0.1, 0.15) is 20.3 Å². The van der Waals surface area contributed by atoms with Crippen molar-refractivity contribution in [3.63, 3.8) is 0 Å². The zero-order chi connectivity index (χ0) is 9.68. The largest absolute Gasteiger partial charge is 0.352 e. The summed E-state index contributed by atoms with van der Waals surface area (Å²) in [4.78, 5) is 11.2. The molecule has 0 radical (unpaired) electrons. The molecule has 2 N–H and O–H groups in total. The molecule has 1 aliphatic rings. The SMILES string of the molecule is CC(C)=CC(=O)NCC1CCNC1. The Kier molecular flexibility index (Phi) is 3.96. The van der Waals surface area contributed by atoms with Crippen molar-refractivity contribution in [3.05, 3.63) is 11.6 Å². The number of allylic oxidation sites excluding steroid dienone is 1. The Labute approximate surface area is 79.6 Å². The third-order valence-corrected chi connectivity index (χ3v) is 2.15. The number of hydrogen-bond acceptors (Lipinski definition) is 2. The quantitative estimate of drug-likeness (QED) is 0.630. The van der Waals surface area contributed by atoms with Gasteiger partial charge in [-0.25, -0.2) is 0 Å². The molecule has 0 aromatic carbocycles. The van der Waals surface area contributed by atoms with Crippen molar-refractivity contribution in [2.24, 2.45) is 5.92 Å². The second kappa shape index (κ2) is 5.02. The van der Waals surface area contributed by atoms with Gasteiger partial charge in [0, 0.05) is 12.6 Å². The minimum atomic E-state index is 0.0342. The normalized spacial score (nSPS) is 21.2. The fourth-order valence-corrected chi connectivity index (χ4v) is 1.45. The first-order chi connectivity index (χ1) is 6.18. The van der Waals surface area contributed by atoms with E-state index in [1.54, 1.807) is 6.08 Å². The highest BCUT2D eigenvalue weighted by atomic mass is 16.1. The first kappa shape index (κ1) is 10.3. The molecule has 3 nitrogen and oxygen atoms in total. The van der Waals surface area contributed by atoms with Gasteiger partial charge in [0.05, 0.1) is 0 Å². The van der Waals surface area contributed by atoms with Gasteiger partial charge in [-0.1, -0.05) is 5.57 Å². The van der Waals surface area contributed by atoms with Crippen LogP contribution in [0.15, 0.2) is 11.6 Å². The number of amides is 1. The average molecular weight is 182 g/mol. The number of carbonyl (C=O) groups excluding carboxylic acids is 1. The van der Waals surface area contributed by atoms with Crippen LogP contribution in [0.2, 0.25) is 0 Å². The maximum absolute atomic E-state index is 11.2. The van der Waals surface area contributed by atoms with Gasteiger partial charge in [0.1, 0.15) is 0 Å². The number of carbonyl (C=O) groups is 1. The third kappa shape index (κ3) is 4.08. The summed E-state index contributed by atoms with van der Waals surface area (Å²) < 4.78 is 0. The van der Waals surface area contributed by atoms with Crippen molar-refractivity contribution >= 4 is 5.91 Å². The van der Waals surface area contributed by atoms with E-state index in [4.69, 9.17) is 0 Å². The minimum absolute atomic E-state index is 0.0342. The third-order valence-electron chi connectivity index (χ3n) is 2.15. The van der Waals surface area contributed by atoms with Crippen molar-refractivity contribution < 1.29 is 4.79 Å². The van der Waals surface area contributed by atoms with Gasteiger partial charge in [-0.15, -0.1) is 0 Å². The van der Waals surface area contributed by atoms with Gasteiger partial charge in [0.2, 0.25) is 5.91 Å². The fourth-order valence-electron chi connectivity index (χ4n) is 1.45. The predicted octanol–water partition coefficient (Wildman–Crippen LogP) is 0.678. The molecule has 1 unspecified atom stereocenters. The molecule has 1 aliphatic heterocycles. The molecule has 0 aromatic heterocycles. The molecule has 0 aliphatic carbocycles. The summed E-state index contributed by atoms with van der Waals surface area (Å²) in [5.74, 6) is 0.654. The zero-order valence-corrected chi connectivity index (χ0v) is 8.39. The van der Waals surface area contributed by atoms with Crippen molar-refractivity contribution in [3.8, 4) is 0 Å². The molecule has 13 heavy (non-hydrogen) atoms. The molecule has 0 saturated carbocycles. The second-order valence-corrected chi connectivity index (χ2v) is 3.83. The summed E-state index contributed by atoms with van der Waals surface area (Å²) in [5.41, 5.74) is 1.04. The molecular weight excluding hydrogens is 164 g/mol. The van der Waals surface area contributed by atoms with Crippen molar-refractivity contribution in [2.75, 3.05) is 19.6 Å². The van der Waals surface area contributed by atoms with Gasteiger partial charge in [0.25, 0.3) is 0 Å². The van der Waals surface area contributed by atoms with Gasteiger partial charge >= 0.3 is 0 Å². The van der Waals surface area contributed by atoms with E-state index in [0.29, 0.717) is 5.92 Å². The van der Waals surface area contributed by atoms with E-state index in [2.05, 4.69) is 10.6 Å². The maximum Gasteiger partial charge on any atom is 0.243 e. The monoisotopic (exact) mass is 182 g/mol. The highest BCUT2D eigenvalue weighted by Crippen LogP contribution is 2.05. The van der Waals surface area contributed by atoms with Crippen LogP contribution in [0.3, 0.4) is 0 Å². The van der Waals surface area contributed by atoms with Gasteiger partial charge < -0.3 is 10.6 Å². The van der Waals surface area contributed by atoms with Crippen LogP contribution in [0.4, 0.5) is 0 Å². The standard InChI is InChI=1S/C10H18N2O/c1-8(2)5-10(13)12-7-9-3-4-11-6-9/h5,9,11H,3-4,6-7H2,1-2H3,(H,12,13). The van der Waals surface area contributed by atoms with E-state index in [1.807, 2.05) is 13.8 Å². The Morgan fingerprint density at radius 1 is 1.62 bits per heavy atom. The molecule has 1 rings (SSSR count). The molecular formula is C10H18N2O. The van der Waals surface area contributed by atoms with Crippen LogP contribution in [-0.4, -0.2) is 25.5 Å². The summed E-state index contributed by atoms with van der Waals surface area (Å²) in [6.45, 7) is 6.78. The molecule has 0 aromatic rings. The lowest BCUT2D eigenvalue weighted by molar-refractivity contribution is -0.116. The second-order valence-electron chi connectivity index (χ2n) is 3.83. The molecule has 1 heterocycles. The van der Waals surface area contributed by atoms with Crippen LogP contribution in [0, 0.1) is 5.92 Å². The molecule has 3 heteroatoms. The molecule has 1 saturated heterocycles. The van der Waals surface area contributed by atoms with E-state index >= 15 is 0 Å². The van der Waals surface area contributed by atoms with E-state index in [-0.39, 0.29) is 5.91 Å². The topological polar surface area (TPSA) is 41.1 Å². The van der Waals surface area contributed by atoms with Crippen LogP contribution >= 0.6 is 0 Å². The Bertz CT molecular complexity index is 201. The Balaban J connectivity index is 2.18. The van der Waals surface area contributed by atoms with E-state index in [1.165, 1.54) is 6.42 Å². The predicted molar refractivity (Wildman–Crippen MR) is 53.4 cm³/mol. The average Bonchev–Trinajstić information content (AvgIpc) is 2.51. The molecule has 0 spiro atoms. The number of hydrogen-bond donors (Lipinski definition) is 2. The highest BCUT2D eigenvalue weighted by molar-refractivity contribution is 5.87. The molecule has 1 amide bonds. The lowest BCUT2D eigenvalue weighted by atomic mass is 10.1. The lowest BCUT2D eigenvalue weighted by Crippen LogP contribution is -2.28. The number of nitrogens with one attached hydrogen (secondary N) is 2. The van der Waals surface area contributed by atoms with Crippen molar-refractivity contribution in [1.29, 1.82) is 0 Å². The lowest BCUT2D eigenvalue weighted by Gasteiger charge is -2.08. The first-order valence-electron chi connectivity index (χ1n) is 4.82. The smallest absolute Gasteiger partial charge is 0.243 e. The Morgan fingerprint density at radius 3 is 2.92 bits per heavy atom. The van der Waals surface area contributed by atoms with Gasteiger partial charge in [-0.3, -0.25) is 4.79 Å². The highest BCUT2D eigenvalue weighted by Gasteiger charge is 2.14. The van der Waals surface area contributed by atoms with Crippen molar-refractivity contribution in [1.82, 2.24) is 10.6 Å². The van der Waals surface area contributed by atoms with E-state index < -0.39 is 0 Å². The zero-order valence-electron chi connectivity index (χ0n) is 8.39. The van der Waals surface area contributed by atoms with Crippen LogP contribution < -0.4 is 10.6 Å². The minimum Gasteiger partial charge on any atom is -0.352 e. The number of rotatable bonds is 3. The van der Waals surface area contributed by atoms with Gasteiger partial charge in [0.15, 0.2) is 0 Å². The van der Waals surface area contributed by atoms with Gasteiger partial charge in [-0.2, -0.15) is 0 Å². The summed E-state index contributed by atoms with van der Waals surface area (Å²) >= 11 is 0. The summed E-state index contributed by atoms with van der Waals surface area (Å²) in [6.07, 6.45) is 2.82. The van der Waals surface area contributed by atoms with Crippen LogP contribution in [0.25, 0.3) is 0 Å². The fraction of sp³-hybridized carbons (Fsp3) is 0.700. The Hall–Kier alpha value is -0.830. The Morgan fingerprint density at radius 2 is 2.38 bits per heavy atom. The summed E-state index contributed by atoms with van der Waals surface area (Å²) in [7, 11) is 0. The molecule has 74 valence electrons. The van der Waals surface area contributed by atoms with Crippen LogP contribution in [0.5, 0.6) is 0 Å². The van der Waals surface area contributed by atoms with E-state index in [9.17, 15) is 4.79 Å². The maximum atomic E-state index is 11.2. The molecule has 1 atom stereocenters. The molecule has 1 fully saturated rings. The van der Waals surface area contributed by atoms with Crippen molar-refractivity contribution in [2.45, 2.75) is 20.3 Å². The first-order valence-corrected chi connectivity index (χ1v) is 4.82.